The minimum absolute atomic E-state index is 0.0973. The molecule has 0 aromatic heterocycles. The van der Waals surface area contributed by atoms with E-state index in [9.17, 15) is 4.79 Å². The Morgan fingerprint density at radius 1 is 0.958 bits per heavy atom. The lowest BCUT2D eigenvalue weighted by Crippen LogP contribution is -2.21. The summed E-state index contributed by atoms with van der Waals surface area (Å²) in [7, 11) is 0. The molecule has 2 aromatic rings. The Bertz CT molecular complexity index is 670. The van der Waals surface area contributed by atoms with Crippen molar-refractivity contribution in [1.29, 1.82) is 0 Å². The van der Waals surface area contributed by atoms with E-state index >= 15 is 0 Å². The highest BCUT2D eigenvalue weighted by Crippen LogP contribution is 2.34. The summed E-state index contributed by atoms with van der Waals surface area (Å²) < 4.78 is 5.63. The van der Waals surface area contributed by atoms with Crippen molar-refractivity contribution in [2.24, 2.45) is 5.92 Å². The first-order valence-corrected chi connectivity index (χ1v) is 9.03. The third-order valence-electron chi connectivity index (χ3n) is 4.86. The SMILES string of the molecule is CCCOc1ccc(-c2ccc(C3CCC(C)CC3=O)cc2)cc1. The van der Waals surface area contributed by atoms with Gasteiger partial charge in [-0.05, 0) is 54.0 Å². The van der Waals surface area contributed by atoms with Crippen LogP contribution in [0.5, 0.6) is 5.75 Å². The van der Waals surface area contributed by atoms with Gasteiger partial charge in [0.1, 0.15) is 11.5 Å². The molecule has 0 saturated heterocycles. The molecule has 0 heterocycles. The first-order valence-electron chi connectivity index (χ1n) is 9.03. The average Bonchev–Trinajstić information content (AvgIpc) is 2.61. The zero-order valence-electron chi connectivity index (χ0n) is 14.6. The summed E-state index contributed by atoms with van der Waals surface area (Å²) in [6.07, 6.45) is 3.88. The lowest BCUT2D eigenvalue weighted by atomic mass is 9.78. The molecule has 3 rings (SSSR count). The predicted molar refractivity (Wildman–Crippen MR) is 98.4 cm³/mol. The Morgan fingerprint density at radius 2 is 1.58 bits per heavy atom. The molecule has 2 nitrogen and oxygen atoms in total. The van der Waals surface area contributed by atoms with Crippen molar-refractivity contribution >= 4 is 5.78 Å². The van der Waals surface area contributed by atoms with E-state index in [-0.39, 0.29) is 5.92 Å². The first-order chi connectivity index (χ1) is 11.7. The highest BCUT2D eigenvalue weighted by Gasteiger charge is 2.27. The summed E-state index contributed by atoms with van der Waals surface area (Å²) in [5, 5.41) is 0. The van der Waals surface area contributed by atoms with Crippen LogP contribution in [0.2, 0.25) is 0 Å². The smallest absolute Gasteiger partial charge is 0.140 e. The third-order valence-corrected chi connectivity index (χ3v) is 4.86. The van der Waals surface area contributed by atoms with Gasteiger partial charge in [-0.2, -0.15) is 0 Å². The van der Waals surface area contributed by atoms with Gasteiger partial charge in [0.2, 0.25) is 0 Å². The number of ether oxygens (including phenoxy) is 1. The van der Waals surface area contributed by atoms with Gasteiger partial charge >= 0.3 is 0 Å². The van der Waals surface area contributed by atoms with E-state index in [1.54, 1.807) is 0 Å². The molecule has 1 fully saturated rings. The fourth-order valence-electron chi connectivity index (χ4n) is 3.42. The molecule has 126 valence electrons. The summed E-state index contributed by atoms with van der Waals surface area (Å²) in [5.74, 6) is 1.96. The van der Waals surface area contributed by atoms with E-state index < -0.39 is 0 Å². The highest BCUT2D eigenvalue weighted by molar-refractivity contribution is 5.86. The van der Waals surface area contributed by atoms with Crippen molar-refractivity contribution < 1.29 is 9.53 Å². The molecule has 0 bridgehead atoms. The fraction of sp³-hybridized carbons (Fsp3) is 0.409. The van der Waals surface area contributed by atoms with Crippen molar-refractivity contribution in [2.45, 2.75) is 45.4 Å². The molecule has 0 radical (unpaired) electrons. The van der Waals surface area contributed by atoms with Gasteiger partial charge in [0.25, 0.3) is 0 Å². The predicted octanol–water partition coefficient (Wildman–Crippen LogP) is 5.62. The molecule has 2 atom stereocenters. The van der Waals surface area contributed by atoms with Crippen LogP contribution >= 0.6 is 0 Å². The van der Waals surface area contributed by atoms with Gasteiger partial charge in [-0.25, -0.2) is 0 Å². The Balaban J connectivity index is 1.71. The van der Waals surface area contributed by atoms with Crippen LogP contribution in [0.15, 0.2) is 48.5 Å². The lowest BCUT2D eigenvalue weighted by molar-refractivity contribution is -0.123. The maximum atomic E-state index is 12.3. The zero-order chi connectivity index (χ0) is 16.9. The van der Waals surface area contributed by atoms with E-state index in [1.165, 1.54) is 16.7 Å². The zero-order valence-corrected chi connectivity index (χ0v) is 14.6. The van der Waals surface area contributed by atoms with Gasteiger partial charge in [-0.1, -0.05) is 50.2 Å². The Morgan fingerprint density at radius 3 is 2.17 bits per heavy atom. The molecule has 2 aromatic carbocycles. The van der Waals surface area contributed by atoms with Crippen LogP contribution < -0.4 is 4.74 Å². The first kappa shape index (κ1) is 16.8. The molecule has 1 aliphatic carbocycles. The number of hydrogen-bond acceptors (Lipinski definition) is 2. The van der Waals surface area contributed by atoms with Crippen molar-refractivity contribution in [3.8, 4) is 16.9 Å². The van der Waals surface area contributed by atoms with Crippen LogP contribution in [-0.4, -0.2) is 12.4 Å². The maximum Gasteiger partial charge on any atom is 0.140 e. The second-order valence-corrected chi connectivity index (χ2v) is 6.90. The molecule has 1 saturated carbocycles. The van der Waals surface area contributed by atoms with Gasteiger partial charge in [-0.3, -0.25) is 4.79 Å². The molecule has 2 unspecified atom stereocenters. The van der Waals surface area contributed by atoms with Crippen molar-refractivity contribution in [1.82, 2.24) is 0 Å². The Labute approximate surface area is 144 Å². The van der Waals surface area contributed by atoms with E-state index in [0.717, 1.165) is 38.0 Å². The molecule has 24 heavy (non-hydrogen) atoms. The van der Waals surface area contributed by atoms with Crippen LogP contribution in [0, 0.1) is 5.92 Å². The molecule has 0 N–H and O–H groups in total. The molecular formula is C22H26O2. The number of Topliss-reactive ketones (excluding diaryl/α,β-unsaturated/α-hetero) is 1. The Hall–Kier alpha value is -2.09. The van der Waals surface area contributed by atoms with Gasteiger partial charge in [0.05, 0.1) is 6.61 Å². The number of carbonyl (C=O) groups excluding carboxylic acids is 1. The normalized spacial score (nSPS) is 20.8. The Kier molecular flexibility index (Phi) is 5.34. The quantitative estimate of drug-likeness (QED) is 0.714. The molecular weight excluding hydrogens is 296 g/mol. The standard InChI is InChI=1S/C22H26O2/c1-3-14-24-20-11-9-18(10-12-20)17-5-7-19(8-6-17)21-13-4-16(2)15-22(21)23/h5-12,16,21H,3-4,13-15H2,1-2H3. The minimum Gasteiger partial charge on any atom is -0.494 e. The third kappa shape index (κ3) is 3.87. The van der Waals surface area contributed by atoms with E-state index in [4.69, 9.17) is 4.74 Å². The van der Waals surface area contributed by atoms with Gasteiger partial charge in [-0.15, -0.1) is 0 Å². The number of carbonyl (C=O) groups is 1. The topological polar surface area (TPSA) is 26.3 Å². The lowest BCUT2D eigenvalue weighted by Gasteiger charge is -2.25. The summed E-state index contributed by atoms with van der Waals surface area (Å²) >= 11 is 0. The number of ketones is 1. The molecule has 0 aliphatic heterocycles. The average molecular weight is 322 g/mol. The highest BCUT2D eigenvalue weighted by atomic mass is 16.5. The van der Waals surface area contributed by atoms with Crippen molar-refractivity contribution in [2.75, 3.05) is 6.61 Å². The number of hydrogen-bond donors (Lipinski definition) is 0. The van der Waals surface area contributed by atoms with Gasteiger partial charge in [0, 0.05) is 12.3 Å². The van der Waals surface area contributed by atoms with Crippen LogP contribution in [0.3, 0.4) is 0 Å². The number of benzene rings is 2. The summed E-state index contributed by atoms with van der Waals surface area (Å²) in [4.78, 5) is 12.3. The largest absolute Gasteiger partial charge is 0.494 e. The second kappa shape index (κ2) is 7.65. The van der Waals surface area contributed by atoms with Crippen LogP contribution in [0.25, 0.3) is 11.1 Å². The molecule has 0 amide bonds. The summed E-state index contributed by atoms with van der Waals surface area (Å²) in [6, 6.07) is 16.7. The van der Waals surface area contributed by atoms with Crippen LogP contribution in [0.4, 0.5) is 0 Å². The van der Waals surface area contributed by atoms with E-state index in [0.29, 0.717) is 11.7 Å². The van der Waals surface area contributed by atoms with E-state index in [2.05, 4.69) is 50.2 Å². The van der Waals surface area contributed by atoms with Gasteiger partial charge < -0.3 is 4.74 Å². The number of rotatable bonds is 5. The molecule has 2 heteroatoms. The minimum atomic E-state index is 0.0973. The van der Waals surface area contributed by atoms with Gasteiger partial charge in [0.15, 0.2) is 0 Å². The van der Waals surface area contributed by atoms with E-state index in [1.807, 2.05) is 12.1 Å². The van der Waals surface area contributed by atoms with Crippen molar-refractivity contribution in [3.63, 3.8) is 0 Å². The van der Waals surface area contributed by atoms with Crippen molar-refractivity contribution in [3.05, 3.63) is 54.1 Å². The molecule has 0 spiro atoms. The summed E-state index contributed by atoms with van der Waals surface area (Å²) in [5.41, 5.74) is 3.52. The van der Waals surface area contributed by atoms with Crippen LogP contribution in [0.1, 0.15) is 51.0 Å². The monoisotopic (exact) mass is 322 g/mol. The second-order valence-electron chi connectivity index (χ2n) is 6.90. The van der Waals surface area contributed by atoms with Crippen LogP contribution in [-0.2, 0) is 4.79 Å². The fourth-order valence-corrected chi connectivity index (χ4v) is 3.42. The maximum absolute atomic E-state index is 12.3. The molecule has 1 aliphatic rings. The summed E-state index contributed by atoms with van der Waals surface area (Å²) in [6.45, 7) is 5.03.